The second-order valence-electron chi connectivity index (χ2n) is 7.16. The minimum absolute atomic E-state index is 0.229. The van der Waals surface area contributed by atoms with Gasteiger partial charge in [0.15, 0.2) is 0 Å². The number of pyridine rings is 1. The molecule has 9 heteroatoms. The van der Waals surface area contributed by atoms with Crippen LogP contribution in [0.1, 0.15) is 30.4 Å². The van der Waals surface area contributed by atoms with Crippen molar-refractivity contribution < 1.29 is 18.0 Å². The Kier molecular flexibility index (Phi) is 7.53. The summed E-state index contributed by atoms with van der Waals surface area (Å²) >= 11 is 0. The molecular formula is C21H26N4O4S. The SMILES string of the molecule is O=C(NCCc1ccc(S(=O)(=O)N2CCCCC2)cc1)C(=O)NCc1cccnc1. The Morgan fingerprint density at radius 3 is 2.30 bits per heavy atom. The number of nitrogens with zero attached hydrogens (tertiary/aromatic N) is 2. The van der Waals surface area contributed by atoms with E-state index >= 15 is 0 Å². The molecule has 1 aliphatic heterocycles. The molecule has 2 N–H and O–H groups in total. The highest BCUT2D eigenvalue weighted by atomic mass is 32.2. The van der Waals surface area contributed by atoms with Crippen molar-refractivity contribution in [1.82, 2.24) is 19.9 Å². The van der Waals surface area contributed by atoms with E-state index in [1.54, 1.807) is 48.8 Å². The lowest BCUT2D eigenvalue weighted by Gasteiger charge is -2.25. The minimum Gasteiger partial charge on any atom is -0.348 e. The van der Waals surface area contributed by atoms with Crippen LogP contribution in [0.4, 0.5) is 0 Å². The normalized spacial score (nSPS) is 14.8. The average Bonchev–Trinajstić information content (AvgIpc) is 2.79. The first-order valence-corrected chi connectivity index (χ1v) is 11.4. The molecule has 0 saturated carbocycles. The Bertz CT molecular complexity index is 956. The first kappa shape index (κ1) is 21.9. The number of nitrogens with one attached hydrogen (secondary N) is 2. The van der Waals surface area contributed by atoms with E-state index in [0.29, 0.717) is 19.5 Å². The summed E-state index contributed by atoms with van der Waals surface area (Å²) in [6.45, 7) is 1.64. The molecule has 3 rings (SSSR count). The first-order chi connectivity index (χ1) is 14.5. The van der Waals surface area contributed by atoms with Gasteiger partial charge in [-0.1, -0.05) is 24.6 Å². The number of benzene rings is 1. The zero-order valence-electron chi connectivity index (χ0n) is 16.7. The predicted molar refractivity (Wildman–Crippen MR) is 112 cm³/mol. The molecule has 0 atom stereocenters. The summed E-state index contributed by atoms with van der Waals surface area (Å²) in [5.41, 5.74) is 1.68. The Morgan fingerprint density at radius 1 is 0.933 bits per heavy atom. The third-order valence-electron chi connectivity index (χ3n) is 4.96. The number of hydrogen-bond donors (Lipinski definition) is 2. The molecule has 30 heavy (non-hydrogen) atoms. The van der Waals surface area contributed by atoms with Crippen molar-refractivity contribution in [1.29, 1.82) is 0 Å². The fraction of sp³-hybridized carbons (Fsp3) is 0.381. The molecule has 8 nitrogen and oxygen atoms in total. The van der Waals surface area contributed by atoms with E-state index in [4.69, 9.17) is 0 Å². The molecule has 0 bridgehead atoms. The molecule has 0 unspecified atom stereocenters. The molecular weight excluding hydrogens is 404 g/mol. The van der Waals surface area contributed by atoms with Gasteiger partial charge in [-0.3, -0.25) is 14.6 Å². The maximum absolute atomic E-state index is 12.7. The van der Waals surface area contributed by atoms with Crippen LogP contribution >= 0.6 is 0 Å². The molecule has 1 fully saturated rings. The number of hydrogen-bond acceptors (Lipinski definition) is 5. The maximum atomic E-state index is 12.7. The summed E-state index contributed by atoms with van der Waals surface area (Å²) in [5.74, 6) is -1.41. The molecule has 0 spiro atoms. The van der Waals surface area contributed by atoms with Crippen LogP contribution in [0, 0.1) is 0 Å². The van der Waals surface area contributed by atoms with Crippen LogP contribution in [0.2, 0.25) is 0 Å². The lowest BCUT2D eigenvalue weighted by Crippen LogP contribution is -2.40. The van der Waals surface area contributed by atoms with Crippen molar-refractivity contribution in [2.75, 3.05) is 19.6 Å². The molecule has 2 aromatic rings. The lowest BCUT2D eigenvalue weighted by atomic mass is 10.1. The third kappa shape index (κ3) is 5.87. The highest BCUT2D eigenvalue weighted by Gasteiger charge is 2.25. The highest BCUT2D eigenvalue weighted by molar-refractivity contribution is 7.89. The van der Waals surface area contributed by atoms with Gasteiger partial charge in [0.25, 0.3) is 0 Å². The van der Waals surface area contributed by atoms with Crippen molar-refractivity contribution in [2.45, 2.75) is 37.1 Å². The van der Waals surface area contributed by atoms with Gasteiger partial charge < -0.3 is 10.6 Å². The number of carbonyl (C=O) groups excluding carboxylic acids is 2. The van der Waals surface area contributed by atoms with E-state index in [-0.39, 0.29) is 18.0 Å². The van der Waals surface area contributed by atoms with E-state index < -0.39 is 21.8 Å². The second-order valence-corrected chi connectivity index (χ2v) is 9.10. The van der Waals surface area contributed by atoms with Crippen LogP contribution < -0.4 is 10.6 Å². The van der Waals surface area contributed by atoms with Crippen LogP contribution in [0.3, 0.4) is 0 Å². The van der Waals surface area contributed by atoms with Gasteiger partial charge in [-0.25, -0.2) is 8.42 Å². The quantitative estimate of drug-likeness (QED) is 0.643. The van der Waals surface area contributed by atoms with Gasteiger partial charge >= 0.3 is 11.8 Å². The summed E-state index contributed by atoms with van der Waals surface area (Å²) in [4.78, 5) is 28.0. The van der Waals surface area contributed by atoms with Crippen molar-refractivity contribution in [3.63, 3.8) is 0 Å². The molecule has 2 amide bonds. The molecule has 2 heterocycles. The number of carbonyl (C=O) groups is 2. The first-order valence-electron chi connectivity index (χ1n) is 10.0. The van der Waals surface area contributed by atoms with E-state index in [0.717, 1.165) is 30.4 Å². The van der Waals surface area contributed by atoms with Gasteiger partial charge in [-0.05, 0) is 48.6 Å². The minimum atomic E-state index is -3.45. The van der Waals surface area contributed by atoms with E-state index in [1.165, 1.54) is 4.31 Å². The Labute approximate surface area is 176 Å². The van der Waals surface area contributed by atoms with Crippen LogP contribution in [-0.4, -0.2) is 49.2 Å². The average molecular weight is 431 g/mol. The summed E-state index contributed by atoms with van der Waals surface area (Å²) in [5, 5.41) is 5.11. The smallest absolute Gasteiger partial charge is 0.309 e. The largest absolute Gasteiger partial charge is 0.348 e. The Balaban J connectivity index is 1.44. The van der Waals surface area contributed by atoms with E-state index in [2.05, 4.69) is 15.6 Å². The zero-order valence-corrected chi connectivity index (χ0v) is 17.5. The monoisotopic (exact) mass is 430 g/mol. The van der Waals surface area contributed by atoms with E-state index in [9.17, 15) is 18.0 Å². The fourth-order valence-corrected chi connectivity index (χ4v) is 4.77. The van der Waals surface area contributed by atoms with Crippen LogP contribution in [0.25, 0.3) is 0 Å². The number of rotatable bonds is 7. The molecule has 0 aliphatic carbocycles. The van der Waals surface area contributed by atoms with Crippen LogP contribution in [0.15, 0.2) is 53.7 Å². The highest BCUT2D eigenvalue weighted by Crippen LogP contribution is 2.20. The van der Waals surface area contributed by atoms with Gasteiger partial charge in [0.05, 0.1) is 4.90 Å². The number of sulfonamides is 1. The molecule has 160 valence electrons. The van der Waals surface area contributed by atoms with Crippen molar-refractivity contribution >= 4 is 21.8 Å². The zero-order chi connectivity index (χ0) is 21.4. The van der Waals surface area contributed by atoms with Crippen molar-refractivity contribution in [3.8, 4) is 0 Å². The number of amides is 2. The lowest BCUT2D eigenvalue weighted by molar-refractivity contribution is -0.139. The maximum Gasteiger partial charge on any atom is 0.309 e. The van der Waals surface area contributed by atoms with Crippen LogP contribution in [0.5, 0.6) is 0 Å². The standard InChI is InChI=1S/C21H26N4O4S/c26-20(21(27)24-16-18-5-4-11-22-15-18)23-12-10-17-6-8-19(9-7-17)30(28,29)25-13-2-1-3-14-25/h4-9,11,15H,1-3,10,12-14,16H2,(H,23,26)(H,24,27). The van der Waals surface area contributed by atoms with Gasteiger partial charge in [-0.2, -0.15) is 4.31 Å². The predicted octanol–water partition coefficient (Wildman–Crippen LogP) is 1.23. The number of aromatic nitrogens is 1. The van der Waals surface area contributed by atoms with Gasteiger partial charge in [0.2, 0.25) is 10.0 Å². The van der Waals surface area contributed by atoms with Crippen molar-refractivity contribution in [2.24, 2.45) is 0 Å². The summed E-state index contributed by atoms with van der Waals surface area (Å²) in [7, 11) is -3.45. The molecule has 1 saturated heterocycles. The number of piperidine rings is 1. The molecule has 1 aliphatic rings. The second kappa shape index (κ2) is 10.3. The van der Waals surface area contributed by atoms with Crippen LogP contribution in [-0.2, 0) is 32.6 Å². The van der Waals surface area contributed by atoms with Gasteiger partial charge in [-0.15, -0.1) is 0 Å². The Morgan fingerprint density at radius 2 is 1.63 bits per heavy atom. The molecule has 0 radical (unpaired) electrons. The summed E-state index contributed by atoms with van der Waals surface area (Å²) in [6.07, 6.45) is 6.60. The summed E-state index contributed by atoms with van der Waals surface area (Å²) in [6, 6.07) is 10.2. The third-order valence-corrected chi connectivity index (χ3v) is 6.87. The van der Waals surface area contributed by atoms with Gasteiger partial charge in [0, 0.05) is 38.6 Å². The molecule has 1 aromatic heterocycles. The van der Waals surface area contributed by atoms with Gasteiger partial charge in [0.1, 0.15) is 0 Å². The van der Waals surface area contributed by atoms with E-state index in [1.807, 2.05) is 0 Å². The fourth-order valence-electron chi connectivity index (χ4n) is 3.25. The Hall–Kier alpha value is -2.78. The van der Waals surface area contributed by atoms with Crippen molar-refractivity contribution in [3.05, 3.63) is 59.9 Å². The molecule has 1 aromatic carbocycles. The topological polar surface area (TPSA) is 108 Å². The summed E-state index contributed by atoms with van der Waals surface area (Å²) < 4.78 is 26.9.